The lowest BCUT2D eigenvalue weighted by atomic mass is 9.84. The quantitative estimate of drug-likeness (QED) is 0.890. The third kappa shape index (κ3) is 3.55. The Morgan fingerprint density at radius 3 is 2.32 bits per heavy atom. The van der Waals surface area contributed by atoms with Gasteiger partial charge in [0.25, 0.3) is 0 Å². The highest BCUT2D eigenvalue weighted by atomic mass is 19.4. The molecule has 1 N–H and O–H groups in total. The molecule has 1 saturated carbocycles. The van der Waals surface area contributed by atoms with Gasteiger partial charge in [0, 0.05) is 11.7 Å². The van der Waals surface area contributed by atoms with Crippen LogP contribution in [-0.4, -0.2) is 19.3 Å². The molecule has 0 heterocycles. The smallest absolute Gasteiger partial charge is 0.393 e. The highest BCUT2D eigenvalue weighted by molar-refractivity contribution is 5.47. The summed E-state index contributed by atoms with van der Waals surface area (Å²) in [6.07, 6.45) is -1.83. The van der Waals surface area contributed by atoms with Crippen molar-refractivity contribution in [1.29, 1.82) is 0 Å². The SMILES string of the molecule is COc1ccc(NC2CCCCC2C(F)(F)F)cc1. The van der Waals surface area contributed by atoms with Crippen molar-refractivity contribution in [3.63, 3.8) is 0 Å². The Morgan fingerprint density at radius 1 is 1.11 bits per heavy atom. The van der Waals surface area contributed by atoms with Crippen molar-refractivity contribution in [3.8, 4) is 5.75 Å². The molecule has 0 radical (unpaired) electrons. The number of ether oxygens (including phenoxy) is 1. The molecule has 2 atom stereocenters. The molecule has 2 rings (SSSR count). The first kappa shape index (κ1) is 14.0. The van der Waals surface area contributed by atoms with Crippen molar-refractivity contribution in [2.24, 2.45) is 5.92 Å². The van der Waals surface area contributed by atoms with Crippen LogP contribution in [0.1, 0.15) is 25.7 Å². The van der Waals surface area contributed by atoms with Crippen LogP contribution in [0.25, 0.3) is 0 Å². The highest BCUT2D eigenvalue weighted by Gasteiger charge is 2.45. The van der Waals surface area contributed by atoms with Crippen molar-refractivity contribution < 1.29 is 17.9 Å². The summed E-state index contributed by atoms with van der Waals surface area (Å²) in [6, 6.07) is 6.46. The van der Waals surface area contributed by atoms with Crippen LogP contribution in [0.4, 0.5) is 18.9 Å². The molecule has 1 fully saturated rings. The van der Waals surface area contributed by atoms with E-state index in [1.54, 1.807) is 31.4 Å². The number of methoxy groups -OCH3 is 1. The van der Waals surface area contributed by atoms with Gasteiger partial charge in [0.2, 0.25) is 0 Å². The van der Waals surface area contributed by atoms with E-state index in [0.717, 1.165) is 6.42 Å². The van der Waals surface area contributed by atoms with E-state index < -0.39 is 18.1 Å². The summed E-state index contributed by atoms with van der Waals surface area (Å²) in [5.41, 5.74) is 0.710. The molecule has 19 heavy (non-hydrogen) atoms. The molecule has 2 nitrogen and oxygen atoms in total. The largest absolute Gasteiger partial charge is 0.497 e. The first-order valence-electron chi connectivity index (χ1n) is 6.48. The molecular formula is C14H18F3NO. The second-order valence-electron chi connectivity index (χ2n) is 4.91. The first-order chi connectivity index (χ1) is 9.00. The number of halogens is 3. The lowest BCUT2D eigenvalue weighted by Gasteiger charge is -2.34. The number of hydrogen-bond donors (Lipinski definition) is 1. The lowest BCUT2D eigenvalue weighted by molar-refractivity contribution is -0.184. The van der Waals surface area contributed by atoms with Gasteiger partial charge in [-0.3, -0.25) is 0 Å². The monoisotopic (exact) mass is 273 g/mol. The Kier molecular flexibility index (Phi) is 4.22. The van der Waals surface area contributed by atoms with Crippen molar-refractivity contribution in [2.45, 2.75) is 37.9 Å². The van der Waals surface area contributed by atoms with Gasteiger partial charge >= 0.3 is 6.18 Å². The zero-order valence-corrected chi connectivity index (χ0v) is 10.8. The van der Waals surface area contributed by atoms with E-state index in [1.807, 2.05) is 0 Å². The Bertz CT molecular complexity index is 402. The number of anilines is 1. The maximum Gasteiger partial charge on any atom is 0.393 e. The van der Waals surface area contributed by atoms with E-state index in [-0.39, 0.29) is 6.42 Å². The molecule has 0 aliphatic heterocycles. The van der Waals surface area contributed by atoms with Crippen LogP contribution in [0.2, 0.25) is 0 Å². The fourth-order valence-electron chi connectivity index (χ4n) is 2.60. The second kappa shape index (κ2) is 5.72. The van der Waals surface area contributed by atoms with Crippen LogP contribution >= 0.6 is 0 Å². The third-order valence-electron chi connectivity index (χ3n) is 3.63. The highest BCUT2D eigenvalue weighted by Crippen LogP contribution is 2.39. The summed E-state index contributed by atoms with van der Waals surface area (Å²) in [5, 5.41) is 3.01. The van der Waals surface area contributed by atoms with Crippen molar-refractivity contribution in [3.05, 3.63) is 24.3 Å². The van der Waals surface area contributed by atoms with Crippen LogP contribution in [0, 0.1) is 5.92 Å². The average molecular weight is 273 g/mol. The molecule has 1 aromatic rings. The van der Waals surface area contributed by atoms with Gasteiger partial charge in [-0.2, -0.15) is 13.2 Å². The number of alkyl halides is 3. The normalized spacial score (nSPS) is 24.0. The molecular weight excluding hydrogens is 255 g/mol. The summed E-state index contributed by atoms with van der Waals surface area (Å²) < 4.78 is 43.9. The maximum atomic E-state index is 13.0. The Balaban J connectivity index is 2.06. The summed E-state index contributed by atoms with van der Waals surface area (Å²) in [4.78, 5) is 0. The van der Waals surface area contributed by atoms with Gasteiger partial charge in [-0.1, -0.05) is 12.8 Å². The van der Waals surface area contributed by atoms with E-state index in [0.29, 0.717) is 24.3 Å². The van der Waals surface area contributed by atoms with E-state index in [1.165, 1.54) is 0 Å². The average Bonchev–Trinajstić information content (AvgIpc) is 2.39. The third-order valence-corrected chi connectivity index (χ3v) is 3.63. The molecule has 5 heteroatoms. The van der Waals surface area contributed by atoms with Crippen LogP contribution in [0.5, 0.6) is 5.75 Å². The predicted molar refractivity (Wildman–Crippen MR) is 68.4 cm³/mol. The van der Waals surface area contributed by atoms with Gasteiger partial charge in [-0.05, 0) is 37.1 Å². The van der Waals surface area contributed by atoms with E-state index in [4.69, 9.17) is 4.74 Å². The van der Waals surface area contributed by atoms with E-state index in [9.17, 15) is 13.2 Å². The van der Waals surface area contributed by atoms with Crippen molar-refractivity contribution in [2.75, 3.05) is 12.4 Å². The maximum absolute atomic E-state index is 13.0. The van der Waals surface area contributed by atoms with Crippen LogP contribution in [0.3, 0.4) is 0 Å². The standard InChI is InChI=1S/C14H18F3NO/c1-19-11-8-6-10(7-9-11)18-13-5-3-2-4-12(13)14(15,16)17/h6-9,12-13,18H,2-5H2,1H3. The molecule has 0 spiro atoms. The zero-order valence-electron chi connectivity index (χ0n) is 10.8. The number of nitrogens with one attached hydrogen (secondary N) is 1. The number of rotatable bonds is 3. The molecule has 2 unspecified atom stereocenters. The lowest BCUT2D eigenvalue weighted by Crippen LogP contribution is -2.41. The molecule has 0 aromatic heterocycles. The molecule has 0 bridgehead atoms. The van der Waals surface area contributed by atoms with Crippen LogP contribution in [-0.2, 0) is 0 Å². The van der Waals surface area contributed by atoms with Gasteiger partial charge in [0.05, 0.1) is 13.0 Å². The van der Waals surface area contributed by atoms with Crippen LogP contribution in [0.15, 0.2) is 24.3 Å². The summed E-state index contributed by atoms with van der Waals surface area (Å²) in [6.45, 7) is 0. The van der Waals surface area contributed by atoms with Gasteiger partial charge < -0.3 is 10.1 Å². The van der Waals surface area contributed by atoms with E-state index >= 15 is 0 Å². The minimum Gasteiger partial charge on any atom is -0.497 e. The van der Waals surface area contributed by atoms with Crippen molar-refractivity contribution in [1.82, 2.24) is 0 Å². The molecule has 106 valence electrons. The zero-order chi connectivity index (χ0) is 13.9. The molecule has 0 saturated heterocycles. The van der Waals surface area contributed by atoms with Crippen molar-refractivity contribution >= 4 is 5.69 Å². The van der Waals surface area contributed by atoms with E-state index in [2.05, 4.69) is 5.32 Å². The molecule has 1 aromatic carbocycles. The molecule has 1 aliphatic carbocycles. The van der Waals surface area contributed by atoms with Gasteiger partial charge in [0.1, 0.15) is 5.75 Å². The minimum atomic E-state index is -4.12. The van der Waals surface area contributed by atoms with Gasteiger partial charge in [-0.25, -0.2) is 0 Å². The Labute approximate surface area is 111 Å². The fraction of sp³-hybridized carbons (Fsp3) is 0.571. The van der Waals surface area contributed by atoms with Crippen LogP contribution < -0.4 is 10.1 Å². The summed E-state index contributed by atoms with van der Waals surface area (Å²) >= 11 is 0. The second-order valence-corrected chi connectivity index (χ2v) is 4.91. The van der Waals surface area contributed by atoms with Gasteiger partial charge in [-0.15, -0.1) is 0 Å². The van der Waals surface area contributed by atoms with Gasteiger partial charge in [0.15, 0.2) is 0 Å². The topological polar surface area (TPSA) is 21.3 Å². The summed E-state index contributed by atoms with van der Waals surface area (Å²) in [5.74, 6) is -0.551. The number of benzene rings is 1. The first-order valence-corrected chi connectivity index (χ1v) is 6.48. The Morgan fingerprint density at radius 2 is 1.74 bits per heavy atom. The Hall–Kier alpha value is -1.39. The fourth-order valence-corrected chi connectivity index (χ4v) is 2.60. The molecule has 0 amide bonds. The minimum absolute atomic E-state index is 0.220. The number of hydrogen-bond acceptors (Lipinski definition) is 2. The molecule has 1 aliphatic rings. The summed E-state index contributed by atoms with van der Waals surface area (Å²) in [7, 11) is 1.56. The predicted octanol–water partition coefficient (Wildman–Crippen LogP) is 4.23.